The molecule has 3 rings (SSSR count). The molecular formula is C11H7BrN4O. The quantitative estimate of drug-likeness (QED) is 0.722. The van der Waals surface area contributed by atoms with Crippen LogP contribution in [0, 0.1) is 0 Å². The minimum atomic E-state index is 0.159. The van der Waals surface area contributed by atoms with E-state index in [1.165, 1.54) is 6.33 Å². The second-order valence-electron chi connectivity index (χ2n) is 3.51. The van der Waals surface area contributed by atoms with Crippen LogP contribution in [0.3, 0.4) is 0 Å². The van der Waals surface area contributed by atoms with E-state index < -0.39 is 0 Å². The lowest BCUT2D eigenvalue weighted by Gasteiger charge is -2.00. The highest BCUT2D eigenvalue weighted by molar-refractivity contribution is 9.10. The molecule has 0 unspecified atom stereocenters. The summed E-state index contributed by atoms with van der Waals surface area (Å²) in [5.41, 5.74) is 1.95. The second-order valence-corrected chi connectivity index (χ2v) is 4.42. The van der Waals surface area contributed by atoms with Crippen LogP contribution in [0.15, 0.2) is 35.2 Å². The van der Waals surface area contributed by atoms with Crippen LogP contribution in [0.2, 0.25) is 0 Å². The summed E-state index contributed by atoms with van der Waals surface area (Å²) in [6, 6.07) is 5.24. The zero-order valence-corrected chi connectivity index (χ0v) is 10.1. The van der Waals surface area contributed by atoms with E-state index in [0.717, 1.165) is 9.99 Å². The molecule has 1 aromatic carbocycles. The minimum Gasteiger partial charge on any atom is -0.507 e. The SMILES string of the molecule is Oc1cc(Br)ccc1-c1nc2ncncc2[nH]1. The molecular weight excluding hydrogens is 284 g/mol. The number of phenols is 1. The topological polar surface area (TPSA) is 74.7 Å². The Morgan fingerprint density at radius 2 is 2.18 bits per heavy atom. The molecule has 84 valence electrons. The molecule has 17 heavy (non-hydrogen) atoms. The number of benzene rings is 1. The molecule has 2 N–H and O–H groups in total. The van der Waals surface area contributed by atoms with Crippen LogP contribution in [-0.2, 0) is 0 Å². The van der Waals surface area contributed by atoms with Gasteiger partial charge in [0, 0.05) is 4.47 Å². The first-order chi connectivity index (χ1) is 8.24. The molecule has 0 saturated heterocycles. The summed E-state index contributed by atoms with van der Waals surface area (Å²) in [5, 5.41) is 9.84. The molecule has 6 heteroatoms. The highest BCUT2D eigenvalue weighted by atomic mass is 79.9. The minimum absolute atomic E-state index is 0.159. The lowest BCUT2D eigenvalue weighted by molar-refractivity contribution is 0.476. The van der Waals surface area contributed by atoms with Gasteiger partial charge in [-0.2, -0.15) is 0 Å². The number of aromatic amines is 1. The van der Waals surface area contributed by atoms with Gasteiger partial charge < -0.3 is 10.1 Å². The van der Waals surface area contributed by atoms with Gasteiger partial charge in [-0.05, 0) is 18.2 Å². The molecule has 0 radical (unpaired) electrons. The lowest BCUT2D eigenvalue weighted by atomic mass is 10.2. The van der Waals surface area contributed by atoms with Crippen molar-refractivity contribution in [3.63, 3.8) is 0 Å². The van der Waals surface area contributed by atoms with Gasteiger partial charge in [-0.3, -0.25) is 0 Å². The van der Waals surface area contributed by atoms with Gasteiger partial charge in [-0.1, -0.05) is 15.9 Å². The largest absolute Gasteiger partial charge is 0.507 e. The predicted octanol–water partition coefficient (Wildman–Crippen LogP) is 2.49. The van der Waals surface area contributed by atoms with E-state index in [4.69, 9.17) is 0 Å². The third-order valence-corrected chi connectivity index (χ3v) is 2.87. The Morgan fingerprint density at radius 3 is 2.94 bits per heavy atom. The molecule has 2 heterocycles. The van der Waals surface area contributed by atoms with Gasteiger partial charge in [0.05, 0.1) is 11.8 Å². The fourth-order valence-corrected chi connectivity index (χ4v) is 1.94. The van der Waals surface area contributed by atoms with Crippen LogP contribution in [0.1, 0.15) is 0 Å². The number of hydrogen-bond acceptors (Lipinski definition) is 4. The molecule has 0 spiro atoms. The van der Waals surface area contributed by atoms with Crippen LogP contribution in [0.5, 0.6) is 5.75 Å². The van der Waals surface area contributed by atoms with Crippen molar-refractivity contribution >= 4 is 27.1 Å². The van der Waals surface area contributed by atoms with E-state index in [1.807, 2.05) is 6.07 Å². The molecule has 0 aliphatic rings. The number of nitrogens with zero attached hydrogens (tertiary/aromatic N) is 3. The number of imidazole rings is 1. The molecule has 0 aliphatic carbocycles. The van der Waals surface area contributed by atoms with E-state index in [0.29, 0.717) is 17.0 Å². The summed E-state index contributed by atoms with van der Waals surface area (Å²) in [7, 11) is 0. The van der Waals surface area contributed by atoms with E-state index >= 15 is 0 Å². The maximum atomic E-state index is 9.84. The van der Waals surface area contributed by atoms with Gasteiger partial charge in [-0.15, -0.1) is 0 Å². The molecule has 0 saturated carbocycles. The maximum absolute atomic E-state index is 9.84. The van der Waals surface area contributed by atoms with Crippen molar-refractivity contribution < 1.29 is 5.11 Å². The van der Waals surface area contributed by atoms with Gasteiger partial charge in [0.25, 0.3) is 0 Å². The summed E-state index contributed by atoms with van der Waals surface area (Å²) in [5.74, 6) is 0.733. The average Bonchev–Trinajstić information content (AvgIpc) is 2.72. The molecule has 0 bridgehead atoms. The Labute approximate surface area is 105 Å². The Bertz CT molecular complexity index is 662. The van der Waals surface area contributed by atoms with Gasteiger partial charge in [-0.25, -0.2) is 15.0 Å². The Balaban J connectivity index is 2.20. The molecule has 0 amide bonds. The van der Waals surface area contributed by atoms with Crippen LogP contribution in [0.25, 0.3) is 22.6 Å². The summed E-state index contributed by atoms with van der Waals surface area (Å²) in [6.07, 6.45) is 3.09. The zero-order valence-electron chi connectivity index (χ0n) is 8.55. The van der Waals surface area contributed by atoms with E-state index in [-0.39, 0.29) is 5.75 Å². The zero-order chi connectivity index (χ0) is 11.8. The third-order valence-electron chi connectivity index (χ3n) is 2.38. The van der Waals surface area contributed by atoms with Gasteiger partial charge >= 0.3 is 0 Å². The monoisotopic (exact) mass is 290 g/mol. The molecule has 0 fully saturated rings. The maximum Gasteiger partial charge on any atom is 0.181 e. The molecule has 2 aromatic heterocycles. The lowest BCUT2D eigenvalue weighted by Crippen LogP contribution is -1.81. The van der Waals surface area contributed by atoms with Crippen molar-refractivity contribution in [2.75, 3.05) is 0 Å². The number of H-pyrrole nitrogens is 1. The number of halogens is 1. The third kappa shape index (κ3) is 1.76. The highest BCUT2D eigenvalue weighted by Gasteiger charge is 2.10. The molecule has 5 nitrogen and oxygen atoms in total. The van der Waals surface area contributed by atoms with Crippen molar-refractivity contribution in [1.82, 2.24) is 19.9 Å². The summed E-state index contributed by atoms with van der Waals surface area (Å²) in [6.45, 7) is 0. The predicted molar refractivity (Wildman–Crippen MR) is 66.5 cm³/mol. The van der Waals surface area contributed by atoms with Crippen molar-refractivity contribution in [3.05, 3.63) is 35.2 Å². The standard InChI is InChI=1S/C11H7BrN4O/c12-6-1-2-7(9(17)3-6)10-15-8-4-13-5-14-11(8)16-10/h1-5,17H,(H,13,14,15,16). The summed E-state index contributed by atoms with van der Waals surface area (Å²) >= 11 is 3.29. The number of aromatic hydroxyl groups is 1. The van der Waals surface area contributed by atoms with Crippen LogP contribution in [0.4, 0.5) is 0 Å². The van der Waals surface area contributed by atoms with E-state index in [2.05, 4.69) is 35.9 Å². The van der Waals surface area contributed by atoms with Crippen LogP contribution in [-0.4, -0.2) is 25.0 Å². The van der Waals surface area contributed by atoms with Crippen molar-refractivity contribution in [3.8, 4) is 17.1 Å². The molecule has 0 aliphatic heterocycles. The number of fused-ring (bicyclic) bond motifs is 1. The van der Waals surface area contributed by atoms with E-state index in [1.54, 1.807) is 18.3 Å². The normalized spacial score (nSPS) is 10.9. The summed E-state index contributed by atoms with van der Waals surface area (Å²) in [4.78, 5) is 15.3. The number of aromatic nitrogens is 4. The molecule has 0 atom stereocenters. The average molecular weight is 291 g/mol. The first-order valence-corrected chi connectivity index (χ1v) is 5.68. The Hall–Kier alpha value is -1.95. The second kappa shape index (κ2) is 3.81. The number of nitrogens with one attached hydrogen (secondary N) is 1. The van der Waals surface area contributed by atoms with Crippen LogP contribution < -0.4 is 0 Å². The highest BCUT2D eigenvalue weighted by Crippen LogP contribution is 2.30. The number of rotatable bonds is 1. The first kappa shape index (κ1) is 10.2. The first-order valence-electron chi connectivity index (χ1n) is 4.88. The van der Waals surface area contributed by atoms with Crippen LogP contribution >= 0.6 is 15.9 Å². The Kier molecular flexibility index (Phi) is 2.29. The smallest absolute Gasteiger partial charge is 0.181 e. The van der Waals surface area contributed by atoms with E-state index in [9.17, 15) is 5.11 Å². The van der Waals surface area contributed by atoms with Gasteiger partial charge in [0.2, 0.25) is 0 Å². The van der Waals surface area contributed by atoms with Crippen molar-refractivity contribution in [1.29, 1.82) is 0 Å². The number of phenolic OH excluding ortho intramolecular Hbond substituents is 1. The Morgan fingerprint density at radius 1 is 1.29 bits per heavy atom. The number of hydrogen-bond donors (Lipinski definition) is 2. The van der Waals surface area contributed by atoms with Crippen molar-refractivity contribution in [2.45, 2.75) is 0 Å². The van der Waals surface area contributed by atoms with Gasteiger partial charge in [0.1, 0.15) is 23.4 Å². The van der Waals surface area contributed by atoms with Gasteiger partial charge in [0.15, 0.2) is 5.65 Å². The summed E-state index contributed by atoms with van der Waals surface area (Å²) < 4.78 is 0.814. The molecule has 3 aromatic rings. The van der Waals surface area contributed by atoms with Crippen molar-refractivity contribution in [2.24, 2.45) is 0 Å². The fraction of sp³-hybridized carbons (Fsp3) is 0. The fourth-order valence-electron chi connectivity index (χ4n) is 1.59.